The summed E-state index contributed by atoms with van der Waals surface area (Å²) in [5.74, 6) is 0.0761. The molecule has 0 bridgehead atoms. The van der Waals surface area contributed by atoms with Crippen LogP contribution in [0.1, 0.15) is 31.0 Å². The number of aromatic hydroxyl groups is 1. The minimum absolute atomic E-state index is 0.169. The van der Waals surface area contributed by atoms with Crippen LogP contribution in [0.25, 0.3) is 0 Å². The van der Waals surface area contributed by atoms with Gasteiger partial charge < -0.3 is 10.4 Å². The van der Waals surface area contributed by atoms with Crippen molar-refractivity contribution >= 4 is 0 Å². The molecule has 2 aromatic carbocycles. The van der Waals surface area contributed by atoms with Gasteiger partial charge in [0.2, 0.25) is 0 Å². The SMILES string of the molecule is CC(Cc1ccc(O)cc1)NC(C)c1ccc(F)cc1. The molecular weight excluding hydrogens is 253 g/mol. The molecule has 0 saturated heterocycles. The number of hydrogen-bond acceptors (Lipinski definition) is 2. The predicted octanol–water partition coefficient (Wildman–Crippen LogP) is 3.81. The third kappa shape index (κ3) is 4.07. The fraction of sp³-hybridized carbons (Fsp3) is 0.294. The number of benzene rings is 2. The smallest absolute Gasteiger partial charge is 0.123 e. The molecule has 2 N–H and O–H groups in total. The monoisotopic (exact) mass is 273 g/mol. The first-order valence-corrected chi connectivity index (χ1v) is 6.84. The molecule has 106 valence electrons. The maximum absolute atomic E-state index is 12.9. The molecule has 2 unspecified atom stereocenters. The van der Waals surface area contributed by atoms with Gasteiger partial charge in [-0.1, -0.05) is 24.3 Å². The van der Waals surface area contributed by atoms with Gasteiger partial charge in [-0.2, -0.15) is 0 Å². The molecule has 0 heterocycles. The second kappa shape index (κ2) is 6.53. The first kappa shape index (κ1) is 14.5. The standard InChI is InChI=1S/C17H20FNO/c1-12(11-14-3-9-17(20)10-4-14)19-13(2)15-5-7-16(18)8-6-15/h3-10,12-13,19-20H,11H2,1-2H3. The molecular formula is C17H20FNO. The van der Waals surface area contributed by atoms with Gasteiger partial charge in [0.05, 0.1) is 0 Å². The van der Waals surface area contributed by atoms with Gasteiger partial charge in [0.25, 0.3) is 0 Å². The van der Waals surface area contributed by atoms with Crippen LogP contribution in [-0.4, -0.2) is 11.1 Å². The van der Waals surface area contributed by atoms with Crippen LogP contribution in [0.3, 0.4) is 0 Å². The molecule has 0 saturated carbocycles. The fourth-order valence-corrected chi connectivity index (χ4v) is 2.32. The fourth-order valence-electron chi connectivity index (χ4n) is 2.32. The molecule has 0 aromatic heterocycles. The average Bonchev–Trinajstić information content (AvgIpc) is 2.42. The molecule has 0 amide bonds. The highest BCUT2D eigenvalue weighted by atomic mass is 19.1. The number of phenolic OH excluding ortho intramolecular Hbond substituents is 1. The Labute approximate surface area is 119 Å². The summed E-state index contributed by atoms with van der Waals surface area (Å²) >= 11 is 0. The van der Waals surface area contributed by atoms with Crippen LogP contribution in [0, 0.1) is 5.82 Å². The Balaban J connectivity index is 1.92. The number of hydrogen-bond donors (Lipinski definition) is 2. The van der Waals surface area contributed by atoms with Gasteiger partial charge in [0.15, 0.2) is 0 Å². The van der Waals surface area contributed by atoms with Crippen molar-refractivity contribution in [2.75, 3.05) is 0 Å². The van der Waals surface area contributed by atoms with E-state index in [9.17, 15) is 9.50 Å². The van der Waals surface area contributed by atoms with E-state index in [0.717, 1.165) is 12.0 Å². The van der Waals surface area contributed by atoms with Gasteiger partial charge in [-0.05, 0) is 55.7 Å². The summed E-state index contributed by atoms with van der Waals surface area (Å²) in [4.78, 5) is 0. The normalized spacial score (nSPS) is 13.9. The van der Waals surface area contributed by atoms with Crippen molar-refractivity contribution in [3.63, 3.8) is 0 Å². The number of rotatable bonds is 5. The molecule has 2 rings (SSSR count). The van der Waals surface area contributed by atoms with E-state index < -0.39 is 0 Å². The highest BCUT2D eigenvalue weighted by Gasteiger charge is 2.10. The highest BCUT2D eigenvalue weighted by Crippen LogP contribution is 2.16. The Morgan fingerprint density at radius 1 is 1.00 bits per heavy atom. The lowest BCUT2D eigenvalue weighted by molar-refractivity contribution is 0.470. The van der Waals surface area contributed by atoms with Crippen LogP contribution >= 0.6 is 0 Å². The average molecular weight is 273 g/mol. The van der Waals surface area contributed by atoms with Crippen LogP contribution in [0.5, 0.6) is 5.75 Å². The van der Waals surface area contributed by atoms with E-state index >= 15 is 0 Å². The molecule has 0 spiro atoms. The molecule has 0 aliphatic carbocycles. The molecule has 2 nitrogen and oxygen atoms in total. The van der Waals surface area contributed by atoms with E-state index in [1.54, 1.807) is 24.3 Å². The van der Waals surface area contributed by atoms with E-state index in [2.05, 4.69) is 19.2 Å². The van der Waals surface area contributed by atoms with Crippen LogP contribution < -0.4 is 5.32 Å². The summed E-state index contributed by atoms with van der Waals surface area (Å²) in [7, 11) is 0. The lowest BCUT2D eigenvalue weighted by atomic mass is 10.0. The van der Waals surface area contributed by atoms with E-state index in [4.69, 9.17) is 0 Å². The van der Waals surface area contributed by atoms with Crippen LogP contribution in [-0.2, 0) is 6.42 Å². The van der Waals surface area contributed by atoms with Crippen molar-refractivity contribution < 1.29 is 9.50 Å². The summed E-state index contributed by atoms with van der Waals surface area (Å²) in [6, 6.07) is 14.3. The summed E-state index contributed by atoms with van der Waals surface area (Å²) in [5.41, 5.74) is 2.25. The molecule has 0 aliphatic rings. The van der Waals surface area contributed by atoms with E-state index in [1.165, 1.54) is 17.7 Å². The van der Waals surface area contributed by atoms with Gasteiger partial charge in [-0.25, -0.2) is 4.39 Å². The Kier molecular flexibility index (Phi) is 4.74. The molecule has 0 radical (unpaired) electrons. The van der Waals surface area contributed by atoms with Crippen molar-refractivity contribution in [2.45, 2.75) is 32.4 Å². The van der Waals surface area contributed by atoms with E-state index in [-0.39, 0.29) is 17.6 Å². The van der Waals surface area contributed by atoms with Gasteiger partial charge in [-0.3, -0.25) is 0 Å². The molecule has 20 heavy (non-hydrogen) atoms. The number of nitrogens with one attached hydrogen (secondary N) is 1. The minimum Gasteiger partial charge on any atom is -0.508 e. The zero-order valence-corrected chi connectivity index (χ0v) is 11.8. The zero-order valence-electron chi connectivity index (χ0n) is 11.8. The predicted molar refractivity (Wildman–Crippen MR) is 79.2 cm³/mol. The van der Waals surface area contributed by atoms with Gasteiger partial charge in [0.1, 0.15) is 11.6 Å². The van der Waals surface area contributed by atoms with E-state index in [1.807, 2.05) is 12.1 Å². The third-order valence-electron chi connectivity index (χ3n) is 3.38. The number of phenols is 1. The zero-order chi connectivity index (χ0) is 14.5. The molecule has 0 fully saturated rings. The maximum atomic E-state index is 12.9. The summed E-state index contributed by atoms with van der Waals surface area (Å²) in [5, 5.41) is 12.8. The Hall–Kier alpha value is -1.87. The molecule has 2 aromatic rings. The first-order chi connectivity index (χ1) is 9.54. The van der Waals surface area contributed by atoms with Crippen molar-refractivity contribution in [3.8, 4) is 5.75 Å². The Morgan fingerprint density at radius 2 is 1.60 bits per heavy atom. The second-order valence-electron chi connectivity index (χ2n) is 5.21. The van der Waals surface area contributed by atoms with Gasteiger partial charge >= 0.3 is 0 Å². The quantitative estimate of drug-likeness (QED) is 0.868. The first-order valence-electron chi connectivity index (χ1n) is 6.84. The van der Waals surface area contributed by atoms with Crippen molar-refractivity contribution in [2.24, 2.45) is 0 Å². The van der Waals surface area contributed by atoms with Crippen molar-refractivity contribution in [3.05, 3.63) is 65.5 Å². The molecule has 3 heteroatoms. The Morgan fingerprint density at radius 3 is 2.20 bits per heavy atom. The second-order valence-corrected chi connectivity index (χ2v) is 5.21. The molecule has 0 aliphatic heterocycles. The Bertz CT molecular complexity index is 536. The summed E-state index contributed by atoms with van der Waals surface area (Å²) in [6.45, 7) is 4.19. The molecule has 2 atom stereocenters. The summed E-state index contributed by atoms with van der Waals surface area (Å²) < 4.78 is 12.9. The largest absolute Gasteiger partial charge is 0.508 e. The van der Waals surface area contributed by atoms with Gasteiger partial charge in [-0.15, -0.1) is 0 Å². The van der Waals surface area contributed by atoms with Crippen LogP contribution in [0.15, 0.2) is 48.5 Å². The third-order valence-corrected chi connectivity index (χ3v) is 3.38. The number of halogens is 1. The minimum atomic E-state index is -0.210. The lowest BCUT2D eigenvalue weighted by Crippen LogP contribution is -2.30. The topological polar surface area (TPSA) is 32.3 Å². The van der Waals surface area contributed by atoms with Crippen LogP contribution in [0.4, 0.5) is 4.39 Å². The van der Waals surface area contributed by atoms with Crippen molar-refractivity contribution in [1.82, 2.24) is 5.32 Å². The maximum Gasteiger partial charge on any atom is 0.123 e. The van der Waals surface area contributed by atoms with Crippen LogP contribution in [0.2, 0.25) is 0 Å². The summed E-state index contributed by atoms with van der Waals surface area (Å²) in [6.07, 6.45) is 0.881. The van der Waals surface area contributed by atoms with Gasteiger partial charge in [0, 0.05) is 12.1 Å². The van der Waals surface area contributed by atoms with E-state index in [0.29, 0.717) is 6.04 Å². The van der Waals surface area contributed by atoms with Crippen molar-refractivity contribution in [1.29, 1.82) is 0 Å². The highest BCUT2D eigenvalue weighted by molar-refractivity contribution is 5.26. The lowest BCUT2D eigenvalue weighted by Gasteiger charge is -2.20.